The molecule has 122 valence electrons. The number of pyridine rings is 1. The lowest BCUT2D eigenvalue weighted by molar-refractivity contribution is 0.0699. The lowest BCUT2D eigenvalue weighted by atomic mass is 9.97. The van der Waals surface area contributed by atoms with E-state index in [1.54, 1.807) is 12.1 Å². The van der Waals surface area contributed by atoms with Crippen LogP contribution in [-0.4, -0.2) is 16.1 Å². The van der Waals surface area contributed by atoms with Crippen LogP contribution in [0.1, 0.15) is 35.7 Å². The molecule has 3 nitrogen and oxygen atoms in total. The first-order chi connectivity index (χ1) is 11.4. The summed E-state index contributed by atoms with van der Waals surface area (Å²) in [5.41, 5.74) is 1.46. The van der Waals surface area contributed by atoms with Crippen molar-refractivity contribution in [2.24, 2.45) is 0 Å². The number of fused-ring (bicyclic) bond motifs is 1. The van der Waals surface area contributed by atoms with Gasteiger partial charge in [-0.3, -0.25) is 0 Å². The second-order valence-electron chi connectivity index (χ2n) is 5.92. The quantitative estimate of drug-likeness (QED) is 0.736. The largest absolute Gasteiger partial charge is 0.478 e. The van der Waals surface area contributed by atoms with Crippen LogP contribution < -0.4 is 0 Å². The van der Waals surface area contributed by atoms with E-state index in [1.807, 2.05) is 19.9 Å². The number of rotatable bonds is 3. The summed E-state index contributed by atoms with van der Waals surface area (Å²) in [5.74, 6) is -2.17. The zero-order chi connectivity index (χ0) is 17.4. The maximum absolute atomic E-state index is 14.0. The summed E-state index contributed by atoms with van der Waals surface area (Å²) >= 11 is 0. The molecular formula is C19H15F2NO2. The fraction of sp³-hybridized carbons (Fsp3) is 0.158. The van der Waals surface area contributed by atoms with E-state index in [0.29, 0.717) is 10.9 Å². The first-order valence-corrected chi connectivity index (χ1v) is 7.50. The number of hydrogen-bond donors (Lipinski definition) is 1. The molecule has 0 aliphatic rings. The molecule has 24 heavy (non-hydrogen) atoms. The van der Waals surface area contributed by atoms with Gasteiger partial charge in [0.2, 0.25) is 0 Å². The van der Waals surface area contributed by atoms with E-state index >= 15 is 0 Å². The Morgan fingerprint density at radius 3 is 2.50 bits per heavy atom. The predicted octanol–water partition coefficient (Wildman–Crippen LogP) is 5.00. The standard InChI is InChI=1S/C19H15F2NO2/c1-10(2)11-3-6-17-13(7-11)14(19(23)24)9-18(22-17)15-8-12(20)4-5-16(15)21/h3-10H,1-2H3,(H,23,24). The molecule has 3 aromatic rings. The Morgan fingerprint density at radius 2 is 1.83 bits per heavy atom. The third-order valence-electron chi connectivity index (χ3n) is 3.93. The van der Waals surface area contributed by atoms with E-state index in [1.165, 1.54) is 6.07 Å². The monoisotopic (exact) mass is 327 g/mol. The van der Waals surface area contributed by atoms with Gasteiger partial charge in [-0.2, -0.15) is 0 Å². The molecular weight excluding hydrogens is 312 g/mol. The minimum atomic E-state index is -1.14. The highest BCUT2D eigenvalue weighted by molar-refractivity contribution is 6.04. The average Bonchev–Trinajstić information content (AvgIpc) is 2.55. The van der Waals surface area contributed by atoms with E-state index in [9.17, 15) is 18.7 Å². The van der Waals surface area contributed by atoms with Gasteiger partial charge in [-0.05, 0) is 47.9 Å². The van der Waals surface area contributed by atoms with Crippen LogP contribution in [0.15, 0.2) is 42.5 Å². The summed E-state index contributed by atoms with van der Waals surface area (Å²) in [4.78, 5) is 16.0. The predicted molar refractivity (Wildman–Crippen MR) is 88.1 cm³/mol. The van der Waals surface area contributed by atoms with E-state index in [2.05, 4.69) is 4.98 Å². The van der Waals surface area contributed by atoms with E-state index in [0.717, 1.165) is 23.8 Å². The summed E-state index contributed by atoms with van der Waals surface area (Å²) < 4.78 is 27.4. The van der Waals surface area contributed by atoms with Gasteiger partial charge >= 0.3 is 5.97 Å². The number of carboxylic acid groups (broad SMARTS) is 1. The van der Waals surface area contributed by atoms with Crippen molar-refractivity contribution < 1.29 is 18.7 Å². The number of aromatic nitrogens is 1. The van der Waals surface area contributed by atoms with Gasteiger partial charge in [-0.25, -0.2) is 18.6 Å². The summed E-state index contributed by atoms with van der Waals surface area (Å²) in [6.45, 7) is 4.01. The van der Waals surface area contributed by atoms with Crippen molar-refractivity contribution in [2.45, 2.75) is 19.8 Å². The molecule has 0 amide bonds. The Kier molecular flexibility index (Phi) is 4.01. The van der Waals surface area contributed by atoms with Crippen molar-refractivity contribution in [1.82, 2.24) is 4.98 Å². The summed E-state index contributed by atoms with van der Waals surface area (Å²) in [7, 11) is 0. The first kappa shape index (κ1) is 16.1. The molecule has 0 atom stereocenters. The van der Waals surface area contributed by atoms with Crippen molar-refractivity contribution >= 4 is 16.9 Å². The highest BCUT2D eigenvalue weighted by Crippen LogP contribution is 2.29. The summed E-state index contributed by atoms with van der Waals surface area (Å²) in [6, 6.07) is 9.65. The molecule has 1 aromatic heterocycles. The molecule has 0 fully saturated rings. The fourth-order valence-electron chi connectivity index (χ4n) is 2.61. The number of halogens is 2. The zero-order valence-corrected chi connectivity index (χ0v) is 13.2. The molecule has 0 saturated heterocycles. The van der Waals surface area contributed by atoms with Crippen LogP contribution in [0.3, 0.4) is 0 Å². The number of carboxylic acids is 1. The molecule has 1 heterocycles. The lowest BCUT2D eigenvalue weighted by Crippen LogP contribution is -2.02. The molecule has 0 bridgehead atoms. The van der Waals surface area contributed by atoms with Crippen molar-refractivity contribution in [3.8, 4) is 11.3 Å². The molecule has 0 unspecified atom stereocenters. The summed E-state index contributed by atoms with van der Waals surface area (Å²) in [5, 5.41) is 9.99. The van der Waals surface area contributed by atoms with Gasteiger partial charge in [0.05, 0.1) is 16.8 Å². The van der Waals surface area contributed by atoms with Crippen LogP contribution >= 0.6 is 0 Å². The van der Waals surface area contributed by atoms with Crippen molar-refractivity contribution in [3.63, 3.8) is 0 Å². The SMILES string of the molecule is CC(C)c1ccc2nc(-c3cc(F)ccc3F)cc(C(=O)O)c2c1. The molecule has 0 aliphatic carbocycles. The van der Waals surface area contributed by atoms with Crippen LogP contribution in [0.2, 0.25) is 0 Å². The number of aromatic carboxylic acids is 1. The van der Waals surface area contributed by atoms with Gasteiger partial charge in [0.1, 0.15) is 11.6 Å². The summed E-state index contributed by atoms with van der Waals surface area (Å²) in [6.07, 6.45) is 0. The first-order valence-electron chi connectivity index (χ1n) is 7.50. The highest BCUT2D eigenvalue weighted by Gasteiger charge is 2.16. The maximum Gasteiger partial charge on any atom is 0.336 e. The molecule has 0 aliphatic heterocycles. The Bertz CT molecular complexity index is 951. The second-order valence-corrected chi connectivity index (χ2v) is 5.92. The van der Waals surface area contributed by atoms with Gasteiger partial charge in [0.25, 0.3) is 0 Å². The van der Waals surface area contributed by atoms with Crippen LogP contribution in [0.4, 0.5) is 8.78 Å². The Morgan fingerprint density at radius 1 is 1.08 bits per heavy atom. The fourth-order valence-corrected chi connectivity index (χ4v) is 2.61. The van der Waals surface area contributed by atoms with Crippen LogP contribution in [0.5, 0.6) is 0 Å². The maximum atomic E-state index is 14.0. The van der Waals surface area contributed by atoms with Gasteiger partial charge in [0.15, 0.2) is 0 Å². The van der Waals surface area contributed by atoms with Gasteiger partial charge in [-0.1, -0.05) is 19.9 Å². The molecule has 0 radical (unpaired) electrons. The smallest absolute Gasteiger partial charge is 0.336 e. The Labute approximate surface area is 137 Å². The van der Waals surface area contributed by atoms with Gasteiger partial charge in [0, 0.05) is 10.9 Å². The van der Waals surface area contributed by atoms with Gasteiger partial charge in [-0.15, -0.1) is 0 Å². The van der Waals surface area contributed by atoms with Gasteiger partial charge < -0.3 is 5.11 Å². The molecule has 3 rings (SSSR count). The normalized spacial score (nSPS) is 11.2. The average molecular weight is 327 g/mol. The second kappa shape index (κ2) is 6.00. The van der Waals surface area contributed by atoms with Crippen molar-refractivity contribution in [3.05, 3.63) is 65.2 Å². The molecule has 0 saturated carbocycles. The number of benzene rings is 2. The van der Waals surface area contributed by atoms with E-state index < -0.39 is 17.6 Å². The molecule has 5 heteroatoms. The van der Waals surface area contributed by atoms with Crippen LogP contribution in [-0.2, 0) is 0 Å². The van der Waals surface area contributed by atoms with Crippen LogP contribution in [0.25, 0.3) is 22.2 Å². The van der Waals surface area contributed by atoms with Crippen molar-refractivity contribution in [1.29, 1.82) is 0 Å². The Hall–Kier alpha value is -2.82. The van der Waals surface area contributed by atoms with Crippen molar-refractivity contribution in [2.75, 3.05) is 0 Å². The molecule has 0 spiro atoms. The number of hydrogen-bond acceptors (Lipinski definition) is 2. The highest BCUT2D eigenvalue weighted by atomic mass is 19.1. The van der Waals surface area contributed by atoms with E-state index in [4.69, 9.17) is 0 Å². The lowest BCUT2D eigenvalue weighted by Gasteiger charge is -2.11. The zero-order valence-electron chi connectivity index (χ0n) is 13.2. The van der Waals surface area contributed by atoms with Crippen LogP contribution in [0, 0.1) is 11.6 Å². The number of nitrogens with zero attached hydrogens (tertiary/aromatic N) is 1. The topological polar surface area (TPSA) is 50.2 Å². The Balaban J connectivity index is 2.30. The third kappa shape index (κ3) is 2.85. The molecule has 2 aromatic carbocycles. The minimum Gasteiger partial charge on any atom is -0.478 e. The third-order valence-corrected chi connectivity index (χ3v) is 3.93. The van der Waals surface area contributed by atoms with E-state index in [-0.39, 0.29) is 22.7 Å². The number of carbonyl (C=O) groups is 1. The minimum absolute atomic E-state index is 0.0150. The molecule has 1 N–H and O–H groups in total.